The van der Waals surface area contributed by atoms with Crippen LogP contribution in [0.5, 0.6) is 5.75 Å². The minimum atomic E-state index is -1.30. The van der Waals surface area contributed by atoms with Gasteiger partial charge in [-0.25, -0.2) is 13.9 Å². The van der Waals surface area contributed by atoms with Gasteiger partial charge in [0.15, 0.2) is 5.67 Å². The fourth-order valence-corrected chi connectivity index (χ4v) is 2.26. The molecule has 1 aromatic heterocycles. The quantitative estimate of drug-likeness (QED) is 0.650. The highest BCUT2D eigenvalue weighted by Gasteiger charge is 2.47. The third-order valence-corrected chi connectivity index (χ3v) is 3.83. The summed E-state index contributed by atoms with van der Waals surface area (Å²) in [5.74, 6) is -1.22. The van der Waals surface area contributed by atoms with E-state index in [0.717, 1.165) is 11.8 Å². The number of nitrogens with zero attached hydrogens (tertiary/aromatic N) is 2. The smallest absolute Gasteiger partial charge is 0.375 e. The molecule has 6 nitrogen and oxygen atoms in total. The van der Waals surface area contributed by atoms with E-state index in [1.165, 1.54) is 7.11 Å². The van der Waals surface area contributed by atoms with Crippen LogP contribution in [0, 0.1) is 6.92 Å². The maximum atomic E-state index is 14.1. The highest BCUT2D eigenvalue weighted by molar-refractivity contribution is 5.84. The van der Waals surface area contributed by atoms with Crippen LogP contribution in [-0.2, 0) is 15.2 Å². The molecule has 126 valence electrons. The highest BCUT2D eigenvalue weighted by Crippen LogP contribution is 2.48. The maximum Gasteiger partial charge on any atom is 0.375 e. The summed E-state index contributed by atoms with van der Waals surface area (Å²) in [5, 5.41) is 13.4. The lowest BCUT2D eigenvalue weighted by molar-refractivity contribution is -0.135. The van der Waals surface area contributed by atoms with Crippen molar-refractivity contribution in [1.29, 1.82) is 0 Å². The van der Waals surface area contributed by atoms with Crippen molar-refractivity contribution in [3.8, 4) is 11.4 Å². The number of hydrogen-bond acceptors (Lipinski definition) is 4. The van der Waals surface area contributed by atoms with Gasteiger partial charge in [-0.1, -0.05) is 6.07 Å². The van der Waals surface area contributed by atoms with Crippen LogP contribution in [-0.4, -0.2) is 28.0 Å². The Hall–Kier alpha value is -2.83. The molecule has 0 atom stereocenters. The Morgan fingerprint density at radius 3 is 2.79 bits per heavy atom. The Morgan fingerprint density at radius 2 is 2.17 bits per heavy atom. The molecule has 1 aliphatic rings. The maximum absolute atomic E-state index is 14.1. The predicted octanol–water partition coefficient (Wildman–Crippen LogP) is 3.09. The fourth-order valence-electron chi connectivity index (χ4n) is 2.26. The third kappa shape index (κ3) is 3.10. The van der Waals surface area contributed by atoms with Crippen molar-refractivity contribution in [2.75, 3.05) is 7.11 Å². The van der Waals surface area contributed by atoms with E-state index in [4.69, 9.17) is 14.6 Å². The molecule has 1 fully saturated rings. The zero-order valence-electron chi connectivity index (χ0n) is 13.3. The van der Waals surface area contributed by atoms with Crippen LogP contribution in [0.3, 0.4) is 0 Å². The summed E-state index contributed by atoms with van der Waals surface area (Å²) in [6, 6.07) is 6.88. The summed E-state index contributed by atoms with van der Waals surface area (Å²) in [5.41, 5.74) is 0.510. The minimum Gasteiger partial charge on any atom is -0.500 e. The van der Waals surface area contributed by atoms with Gasteiger partial charge in [-0.3, -0.25) is 0 Å². The zero-order valence-corrected chi connectivity index (χ0v) is 13.3. The number of carboxylic acid groups (broad SMARTS) is 1. The van der Waals surface area contributed by atoms with E-state index in [1.54, 1.807) is 42.1 Å². The molecule has 24 heavy (non-hydrogen) atoms. The molecule has 0 bridgehead atoms. The Balaban J connectivity index is 1.90. The molecule has 0 spiro atoms. The predicted molar refractivity (Wildman–Crippen MR) is 83.7 cm³/mol. The number of carboxylic acids is 1. The van der Waals surface area contributed by atoms with Gasteiger partial charge in [0.05, 0.1) is 12.8 Å². The molecule has 1 N–H and O–H groups in total. The summed E-state index contributed by atoms with van der Waals surface area (Å²) in [6.45, 7) is 1.79. The van der Waals surface area contributed by atoms with E-state index in [9.17, 15) is 9.18 Å². The van der Waals surface area contributed by atoms with Crippen molar-refractivity contribution < 1.29 is 23.8 Å². The molecule has 1 aromatic carbocycles. The van der Waals surface area contributed by atoms with E-state index >= 15 is 0 Å². The molecular weight excluding hydrogens is 315 g/mol. The lowest BCUT2D eigenvalue weighted by atomic mass is 10.2. The van der Waals surface area contributed by atoms with Crippen LogP contribution in [0.25, 0.3) is 5.69 Å². The van der Waals surface area contributed by atoms with E-state index < -0.39 is 11.6 Å². The molecule has 2 aromatic rings. The van der Waals surface area contributed by atoms with Crippen molar-refractivity contribution in [3.63, 3.8) is 0 Å². The first-order valence-electron chi connectivity index (χ1n) is 7.43. The number of benzene rings is 1. The topological polar surface area (TPSA) is 73.6 Å². The van der Waals surface area contributed by atoms with Crippen molar-refractivity contribution in [2.45, 2.75) is 25.4 Å². The van der Waals surface area contributed by atoms with Crippen LogP contribution in [0.15, 0.2) is 42.5 Å². The van der Waals surface area contributed by atoms with Gasteiger partial charge in [0.2, 0.25) is 5.76 Å². The van der Waals surface area contributed by atoms with Gasteiger partial charge < -0.3 is 14.6 Å². The molecule has 0 saturated heterocycles. The summed E-state index contributed by atoms with van der Waals surface area (Å²) in [7, 11) is 1.34. The Bertz CT molecular complexity index is 809. The van der Waals surface area contributed by atoms with Crippen molar-refractivity contribution in [3.05, 3.63) is 53.7 Å². The highest BCUT2D eigenvalue weighted by atomic mass is 19.1. The molecule has 1 heterocycles. The van der Waals surface area contributed by atoms with Crippen LogP contribution < -0.4 is 4.74 Å². The number of aryl methyl sites for hydroxylation is 1. The second kappa shape index (κ2) is 5.99. The molecule has 0 unspecified atom stereocenters. The lowest BCUT2D eigenvalue weighted by Gasteiger charge is -2.11. The molecule has 1 aliphatic carbocycles. The largest absolute Gasteiger partial charge is 0.500 e. The van der Waals surface area contributed by atoms with E-state index in [0.29, 0.717) is 30.0 Å². The van der Waals surface area contributed by atoms with E-state index in [-0.39, 0.29) is 5.76 Å². The zero-order chi connectivity index (χ0) is 17.3. The second-order valence-corrected chi connectivity index (χ2v) is 5.69. The number of aromatic nitrogens is 2. The first-order valence-corrected chi connectivity index (χ1v) is 7.43. The summed E-state index contributed by atoms with van der Waals surface area (Å²) >= 11 is 0. The minimum absolute atomic E-state index is 0.334. The van der Waals surface area contributed by atoms with Crippen molar-refractivity contribution in [2.24, 2.45) is 0 Å². The van der Waals surface area contributed by atoms with E-state index in [1.807, 2.05) is 0 Å². The SMILES string of the molecule is CO/C=C(\Oc1cc(-n2ccc(C3(F)CC3)n2)ccc1C)C(=O)O. The van der Waals surface area contributed by atoms with Gasteiger partial charge in [-0.05, 0) is 37.5 Å². The van der Waals surface area contributed by atoms with Gasteiger partial charge >= 0.3 is 5.97 Å². The number of carbonyl (C=O) groups is 1. The number of aliphatic carboxylic acids is 1. The van der Waals surface area contributed by atoms with Crippen LogP contribution in [0.2, 0.25) is 0 Å². The van der Waals surface area contributed by atoms with Crippen LogP contribution >= 0.6 is 0 Å². The summed E-state index contributed by atoms with van der Waals surface area (Å²) < 4.78 is 25.7. The van der Waals surface area contributed by atoms with Gasteiger partial charge in [-0.15, -0.1) is 0 Å². The third-order valence-electron chi connectivity index (χ3n) is 3.83. The lowest BCUT2D eigenvalue weighted by Crippen LogP contribution is -2.09. The average Bonchev–Trinajstić information content (AvgIpc) is 3.11. The molecular formula is C17H17FN2O4. The summed E-state index contributed by atoms with van der Waals surface area (Å²) in [6.07, 6.45) is 3.68. The number of hydrogen-bond donors (Lipinski definition) is 1. The van der Waals surface area contributed by atoms with Crippen LogP contribution in [0.4, 0.5) is 4.39 Å². The first-order chi connectivity index (χ1) is 11.4. The number of ether oxygens (including phenoxy) is 2. The molecule has 3 rings (SSSR count). The number of halogens is 1. The number of rotatable bonds is 6. The number of alkyl halides is 1. The average molecular weight is 332 g/mol. The monoisotopic (exact) mass is 332 g/mol. The molecule has 0 radical (unpaired) electrons. The standard InChI is InChI=1S/C17H17FN2O4/c1-11-3-4-12(9-13(11)24-14(10-23-2)16(21)22)20-8-5-15(19-20)17(18)6-7-17/h3-5,8-10H,6-7H2,1-2H3,(H,21,22)/b14-10-. The fraction of sp³-hybridized carbons (Fsp3) is 0.294. The Labute approximate surface area is 138 Å². The van der Waals surface area contributed by atoms with Gasteiger partial charge in [0.25, 0.3) is 0 Å². The summed E-state index contributed by atoms with van der Waals surface area (Å²) in [4.78, 5) is 11.1. The van der Waals surface area contributed by atoms with Gasteiger partial charge in [-0.2, -0.15) is 5.10 Å². The van der Waals surface area contributed by atoms with Crippen LogP contribution in [0.1, 0.15) is 24.1 Å². The second-order valence-electron chi connectivity index (χ2n) is 5.69. The molecule has 7 heteroatoms. The number of methoxy groups -OCH3 is 1. The normalized spacial score (nSPS) is 15.9. The molecule has 0 aliphatic heterocycles. The molecule has 0 amide bonds. The molecule has 1 saturated carbocycles. The Kier molecular flexibility index (Phi) is 4.01. The van der Waals surface area contributed by atoms with Crippen molar-refractivity contribution in [1.82, 2.24) is 9.78 Å². The van der Waals surface area contributed by atoms with Gasteiger partial charge in [0, 0.05) is 12.3 Å². The Morgan fingerprint density at radius 1 is 1.42 bits per heavy atom. The van der Waals surface area contributed by atoms with E-state index in [2.05, 4.69) is 5.10 Å². The first kappa shape index (κ1) is 16.0. The van der Waals surface area contributed by atoms with Gasteiger partial charge in [0.1, 0.15) is 17.7 Å². The van der Waals surface area contributed by atoms with Crippen molar-refractivity contribution >= 4 is 5.97 Å².